The summed E-state index contributed by atoms with van der Waals surface area (Å²) in [5.41, 5.74) is 1.09. The van der Waals surface area contributed by atoms with E-state index in [1.165, 1.54) is 35.2 Å². The Balaban J connectivity index is 1.83. The van der Waals surface area contributed by atoms with Crippen molar-refractivity contribution in [3.05, 3.63) is 95.8 Å². The summed E-state index contributed by atoms with van der Waals surface area (Å²) >= 11 is 0. The smallest absolute Gasteiger partial charge is 0.366 e. The molecule has 0 saturated carbocycles. The van der Waals surface area contributed by atoms with Crippen LogP contribution in [0.15, 0.2) is 88.8 Å². The van der Waals surface area contributed by atoms with Gasteiger partial charge in [-0.05, 0) is 35.9 Å². The van der Waals surface area contributed by atoms with E-state index in [1.807, 2.05) is 18.2 Å². The Labute approximate surface area is 165 Å². The highest BCUT2D eigenvalue weighted by Gasteiger charge is 2.22. The first-order valence-electron chi connectivity index (χ1n) is 8.83. The Morgan fingerprint density at radius 1 is 1.10 bits per heavy atom. The molecule has 7 heteroatoms. The molecule has 0 amide bonds. The molecule has 144 valence electrons. The first-order valence-corrected chi connectivity index (χ1v) is 8.83. The Bertz CT molecular complexity index is 1200. The van der Waals surface area contributed by atoms with E-state index in [4.69, 9.17) is 9.26 Å². The van der Waals surface area contributed by atoms with E-state index < -0.39 is 11.4 Å². The Morgan fingerprint density at radius 2 is 1.86 bits per heavy atom. The maximum absolute atomic E-state index is 13.4. The highest BCUT2D eigenvalue weighted by atomic mass is 19.1. The van der Waals surface area contributed by atoms with Crippen molar-refractivity contribution in [3.63, 3.8) is 0 Å². The first-order chi connectivity index (χ1) is 14.2. The average molecular weight is 389 g/mol. The number of aromatic nitrogens is 3. The van der Waals surface area contributed by atoms with Gasteiger partial charge in [-0.15, -0.1) is 6.58 Å². The number of halogens is 1. The minimum Gasteiger partial charge on any atom is -0.424 e. The second-order valence-corrected chi connectivity index (χ2v) is 6.10. The predicted octanol–water partition coefficient (Wildman–Crippen LogP) is 4.68. The van der Waals surface area contributed by atoms with Crippen LogP contribution in [0.1, 0.15) is 0 Å². The third-order valence-corrected chi connectivity index (χ3v) is 4.14. The van der Waals surface area contributed by atoms with Crippen LogP contribution in [0.3, 0.4) is 0 Å². The molecule has 0 bridgehead atoms. The van der Waals surface area contributed by atoms with Crippen molar-refractivity contribution in [1.29, 1.82) is 0 Å². The van der Waals surface area contributed by atoms with Gasteiger partial charge < -0.3 is 9.26 Å². The van der Waals surface area contributed by atoms with Crippen molar-refractivity contribution < 1.29 is 13.7 Å². The van der Waals surface area contributed by atoms with Gasteiger partial charge in [0.25, 0.3) is 0 Å². The van der Waals surface area contributed by atoms with E-state index in [0.29, 0.717) is 22.7 Å². The number of hydrogen-bond donors (Lipinski definition) is 0. The number of ether oxygens (including phenoxy) is 1. The third kappa shape index (κ3) is 3.84. The van der Waals surface area contributed by atoms with E-state index in [0.717, 1.165) is 0 Å². The van der Waals surface area contributed by atoms with E-state index in [9.17, 15) is 9.18 Å². The average Bonchev–Trinajstić information content (AvgIpc) is 3.06. The molecule has 4 aromatic rings. The lowest BCUT2D eigenvalue weighted by Crippen LogP contribution is -2.01. The summed E-state index contributed by atoms with van der Waals surface area (Å²) in [5.74, 6) is 0.185. The van der Waals surface area contributed by atoms with Crippen LogP contribution in [0, 0.1) is 5.82 Å². The van der Waals surface area contributed by atoms with Crippen molar-refractivity contribution in [1.82, 2.24) is 14.7 Å². The van der Waals surface area contributed by atoms with Crippen LogP contribution < -0.4 is 10.4 Å². The van der Waals surface area contributed by atoms with Gasteiger partial charge in [0.15, 0.2) is 0 Å². The van der Waals surface area contributed by atoms with Gasteiger partial charge in [-0.2, -0.15) is 9.72 Å². The van der Waals surface area contributed by atoms with E-state index in [-0.39, 0.29) is 18.1 Å². The van der Waals surface area contributed by atoms with Crippen molar-refractivity contribution in [2.75, 3.05) is 0 Å². The topological polar surface area (TPSA) is 70.2 Å². The van der Waals surface area contributed by atoms with Gasteiger partial charge in [0.05, 0.1) is 17.8 Å². The lowest BCUT2D eigenvalue weighted by molar-refractivity contribution is 0.273. The number of rotatable bonds is 6. The van der Waals surface area contributed by atoms with Crippen LogP contribution in [0.4, 0.5) is 4.39 Å². The summed E-state index contributed by atoms with van der Waals surface area (Å²) in [4.78, 5) is 21.2. The molecule has 29 heavy (non-hydrogen) atoms. The largest absolute Gasteiger partial charge is 0.424 e. The monoisotopic (exact) mass is 389 g/mol. The van der Waals surface area contributed by atoms with Crippen LogP contribution >= 0.6 is 0 Å². The fourth-order valence-corrected chi connectivity index (χ4v) is 2.90. The standard InChI is InChI=1S/C22H16FN3O3/c1-2-14-26-20(19(21(27)29-26)15-8-10-16(23)11-9-15)18-12-13-24-22(25-18)28-17-6-4-3-5-7-17/h2-13H,1,14H2. The molecular formula is C22H16FN3O3. The fraction of sp³-hybridized carbons (Fsp3) is 0.0455. The second-order valence-electron chi connectivity index (χ2n) is 6.10. The van der Waals surface area contributed by atoms with Crippen LogP contribution in [-0.4, -0.2) is 14.7 Å². The van der Waals surface area contributed by atoms with Gasteiger partial charge in [-0.1, -0.05) is 36.4 Å². The lowest BCUT2D eigenvalue weighted by atomic mass is 10.0. The predicted molar refractivity (Wildman–Crippen MR) is 106 cm³/mol. The van der Waals surface area contributed by atoms with E-state index in [1.54, 1.807) is 24.3 Å². The summed E-state index contributed by atoms with van der Waals surface area (Å²) in [6.07, 6.45) is 3.13. The minimum absolute atomic E-state index is 0.123. The molecule has 4 rings (SSSR count). The zero-order chi connectivity index (χ0) is 20.2. The Kier molecular flexibility index (Phi) is 5.03. The van der Waals surface area contributed by atoms with Crippen molar-refractivity contribution in [2.24, 2.45) is 0 Å². The van der Waals surface area contributed by atoms with Crippen LogP contribution in [-0.2, 0) is 6.54 Å². The molecule has 0 atom stereocenters. The minimum atomic E-state index is -0.558. The zero-order valence-corrected chi connectivity index (χ0v) is 15.3. The van der Waals surface area contributed by atoms with Gasteiger partial charge >= 0.3 is 11.6 Å². The molecular weight excluding hydrogens is 373 g/mol. The lowest BCUT2D eigenvalue weighted by Gasteiger charge is -2.08. The molecule has 0 aliphatic rings. The highest BCUT2D eigenvalue weighted by molar-refractivity contribution is 5.78. The molecule has 0 fully saturated rings. The quantitative estimate of drug-likeness (QED) is 0.448. The number of para-hydroxylation sites is 1. The van der Waals surface area contributed by atoms with Crippen LogP contribution in [0.5, 0.6) is 11.8 Å². The highest BCUT2D eigenvalue weighted by Crippen LogP contribution is 2.30. The first kappa shape index (κ1) is 18.4. The number of hydrogen-bond acceptors (Lipinski definition) is 5. The van der Waals surface area contributed by atoms with Crippen molar-refractivity contribution >= 4 is 0 Å². The summed E-state index contributed by atoms with van der Waals surface area (Å²) in [6, 6.07) is 16.5. The number of nitrogens with zero attached hydrogens (tertiary/aromatic N) is 3. The molecule has 0 unspecified atom stereocenters. The summed E-state index contributed by atoms with van der Waals surface area (Å²) in [6.45, 7) is 3.95. The van der Waals surface area contributed by atoms with Crippen molar-refractivity contribution in [3.8, 4) is 34.3 Å². The molecule has 0 aliphatic carbocycles. The van der Waals surface area contributed by atoms with Crippen LogP contribution in [0.25, 0.3) is 22.5 Å². The van der Waals surface area contributed by atoms with Gasteiger partial charge in [0, 0.05) is 6.20 Å². The molecule has 0 saturated heterocycles. The summed E-state index contributed by atoms with van der Waals surface area (Å²) < 4.78 is 25.8. The SMILES string of the molecule is C=CCn1oc(=O)c(-c2ccc(F)cc2)c1-c1ccnc(Oc2ccccc2)n1. The van der Waals surface area contributed by atoms with Gasteiger partial charge in [0.1, 0.15) is 17.3 Å². The molecule has 0 spiro atoms. The maximum Gasteiger partial charge on any atom is 0.366 e. The zero-order valence-electron chi connectivity index (χ0n) is 15.3. The van der Waals surface area contributed by atoms with Gasteiger partial charge in [-0.3, -0.25) is 0 Å². The molecule has 6 nitrogen and oxygen atoms in total. The molecule has 2 heterocycles. The number of allylic oxidation sites excluding steroid dienone is 1. The summed E-state index contributed by atoms with van der Waals surface area (Å²) in [7, 11) is 0. The van der Waals surface area contributed by atoms with Crippen molar-refractivity contribution in [2.45, 2.75) is 6.54 Å². The molecule has 0 radical (unpaired) electrons. The van der Waals surface area contributed by atoms with Crippen LogP contribution in [0.2, 0.25) is 0 Å². The Hall–Kier alpha value is -4.00. The van der Waals surface area contributed by atoms with E-state index >= 15 is 0 Å². The molecule has 2 aromatic carbocycles. The van der Waals surface area contributed by atoms with E-state index in [2.05, 4.69) is 16.5 Å². The molecule has 0 aliphatic heterocycles. The maximum atomic E-state index is 13.4. The molecule has 2 aromatic heterocycles. The normalized spacial score (nSPS) is 10.7. The molecule has 0 N–H and O–H groups in total. The second kappa shape index (κ2) is 7.93. The van der Waals surface area contributed by atoms with Gasteiger partial charge in [0.2, 0.25) is 0 Å². The fourth-order valence-electron chi connectivity index (χ4n) is 2.90. The third-order valence-electron chi connectivity index (χ3n) is 4.14. The van der Waals surface area contributed by atoms with Gasteiger partial charge in [-0.25, -0.2) is 14.2 Å². The summed E-state index contributed by atoms with van der Waals surface area (Å²) in [5, 5.41) is 0. The Morgan fingerprint density at radius 3 is 2.59 bits per heavy atom. The number of benzene rings is 2.